The predicted molar refractivity (Wildman–Crippen MR) is 96.6 cm³/mol. The molecule has 1 aliphatic carbocycles. The number of aryl methyl sites for hydroxylation is 1. The molecule has 25 heavy (non-hydrogen) atoms. The molecular formula is C21H24O4. The number of carbonyl (C=O) groups is 1. The van der Waals surface area contributed by atoms with Crippen molar-refractivity contribution in [2.45, 2.75) is 51.4 Å². The average molecular weight is 340 g/mol. The SMILES string of the molecule is Cc1ccc(C(=O)O)c([C@H]2CC[C@H](c3ccc(O)cc3O)CC2)c1C. The molecule has 1 fully saturated rings. The monoisotopic (exact) mass is 340 g/mol. The Bertz CT molecular complexity index is 802. The number of carboxylic acids is 1. The van der Waals surface area contributed by atoms with Crippen LogP contribution in [0.4, 0.5) is 0 Å². The van der Waals surface area contributed by atoms with Crippen molar-refractivity contribution in [3.05, 3.63) is 58.1 Å². The molecule has 0 aliphatic heterocycles. The summed E-state index contributed by atoms with van der Waals surface area (Å²) in [7, 11) is 0. The lowest BCUT2D eigenvalue weighted by atomic mass is 9.73. The van der Waals surface area contributed by atoms with Crippen LogP contribution in [0.3, 0.4) is 0 Å². The molecule has 2 aromatic carbocycles. The summed E-state index contributed by atoms with van der Waals surface area (Å²) < 4.78 is 0. The molecule has 0 amide bonds. The summed E-state index contributed by atoms with van der Waals surface area (Å²) in [5.74, 6) is -0.175. The topological polar surface area (TPSA) is 77.8 Å². The standard InChI is InChI=1S/C21H24O4/c1-12-3-9-18(21(24)25)20(13(12)2)15-6-4-14(5-7-15)17-10-8-16(22)11-19(17)23/h3,8-11,14-15,22-23H,4-7H2,1-2H3,(H,24,25)/t14-,15-. The van der Waals surface area contributed by atoms with Gasteiger partial charge in [-0.25, -0.2) is 4.79 Å². The lowest BCUT2D eigenvalue weighted by Gasteiger charge is -2.31. The van der Waals surface area contributed by atoms with E-state index in [2.05, 4.69) is 0 Å². The first-order chi connectivity index (χ1) is 11.9. The van der Waals surface area contributed by atoms with Crippen molar-refractivity contribution in [2.75, 3.05) is 0 Å². The van der Waals surface area contributed by atoms with Crippen LogP contribution >= 0.6 is 0 Å². The highest BCUT2D eigenvalue weighted by Gasteiger charge is 2.29. The fraction of sp³-hybridized carbons (Fsp3) is 0.381. The molecule has 0 radical (unpaired) electrons. The van der Waals surface area contributed by atoms with Crippen LogP contribution in [0, 0.1) is 13.8 Å². The first-order valence-electron chi connectivity index (χ1n) is 8.73. The number of hydrogen-bond acceptors (Lipinski definition) is 3. The Balaban J connectivity index is 1.83. The minimum atomic E-state index is -0.864. The van der Waals surface area contributed by atoms with Gasteiger partial charge in [0, 0.05) is 6.07 Å². The second-order valence-corrected chi connectivity index (χ2v) is 7.07. The van der Waals surface area contributed by atoms with Crippen LogP contribution in [0.5, 0.6) is 11.5 Å². The van der Waals surface area contributed by atoms with Gasteiger partial charge in [-0.15, -0.1) is 0 Å². The molecule has 0 spiro atoms. The molecule has 3 N–H and O–H groups in total. The van der Waals surface area contributed by atoms with Crippen LogP contribution in [0.25, 0.3) is 0 Å². The number of aromatic hydroxyl groups is 2. The minimum Gasteiger partial charge on any atom is -0.508 e. The molecule has 0 heterocycles. The molecule has 3 rings (SSSR count). The Labute approximate surface area is 147 Å². The molecule has 4 heteroatoms. The number of phenols is 2. The van der Waals surface area contributed by atoms with Gasteiger partial charge in [-0.2, -0.15) is 0 Å². The summed E-state index contributed by atoms with van der Waals surface area (Å²) >= 11 is 0. The minimum absolute atomic E-state index is 0.0661. The highest BCUT2D eigenvalue weighted by molar-refractivity contribution is 5.90. The summed E-state index contributed by atoms with van der Waals surface area (Å²) in [4.78, 5) is 11.6. The molecular weight excluding hydrogens is 316 g/mol. The molecule has 132 valence electrons. The maximum Gasteiger partial charge on any atom is 0.335 e. The van der Waals surface area contributed by atoms with Crippen LogP contribution in [0.15, 0.2) is 30.3 Å². The molecule has 0 bridgehead atoms. The van der Waals surface area contributed by atoms with Gasteiger partial charge in [-0.05, 0) is 85.8 Å². The van der Waals surface area contributed by atoms with Gasteiger partial charge in [-0.1, -0.05) is 12.1 Å². The molecule has 0 saturated heterocycles. The summed E-state index contributed by atoms with van der Waals surface area (Å²) in [5.41, 5.74) is 4.46. The molecule has 2 aromatic rings. The number of rotatable bonds is 3. The van der Waals surface area contributed by atoms with E-state index < -0.39 is 5.97 Å². The van der Waals surface area contributed by atoms with Crippen molar-refractivity contribution < 1.29 is 20.1 Å². The number of carboxylic acid groups (broad SMARTS) is 1. The third-order valence-corrected chi connectivity index (χ3v) is 5.61. The smallest absolute Gasteiger partial charge is 0.335 e. The summed E-state index contributed by atoms with van der Waals surface area (Å²) in [6, 6.07) is 8.37. The predicted octanol–water partition coefficient (Wildman–Crippen LogP) is 4.85. The Morgan fingerprint density at radius 3 is 2.20 bits per heavy atom. The van der Waals surface area contributed by atoms with Gasteiger partial charge in [0.15, 0.2) is 0 Å². The van der Waals surface area contributed by atoms with Crippen molar-refractivity contribution >= 4 is 5.97 Å². The van der Waals surface area contributed by atoms with Crippen molar-refractivity contribution in [1.29, 1.82) is 0 Å². The van der Waals surface area contributed by atoms with Gasteiger partial charge >= 0.3 is 5.97 Å². The Hall–Kier alpha value is -2.49. The Morgan fingerprint density at radius 1 is 0.960 bits per heavy atom. The number of phenolic OH excluding ortho intramolecular Hbond substituents is 2. The third-order valence-electron chi connectivity index (χ3n) is 5.61. The normalized spacial score (nSPS) is 20.4. The molecule has 4 nitrogen and oxygen atoms in total. The molecule has 1 saturated carbocycles. The van der Waals surface area contributed by atoms with Gasteiger partial charge < -0.3 is 15.3 Å². The van der Waals surface area contributed by atoms with Crippen LogP contribution < -0.4 is 0 Å². The lowest BCUT2D eigenvalue weighted by Crippen LogP contribution is -2.16. The molecule has 0 aromatic heterocycles. The maximum absolute atomic E-state index is 11.6. The number of aromatic carboxylic acids is 1. The quantitative estimate of drug-likeness (QED) is 0.746. The largest absolute Gasteiger partial charge is 0.508 e. The van der Waals surface area contributed by atoms with Gasteiger partial charge in [0.05, 0.1) is 5.56 Å². The van der Waals surface area contributed by atoms with E-state index in [4.69, 9.17) is 0 Å². The summed E-state index contributed by atoms with van der Waals surface area (Å²) in [5, 5.41) is 29.1. The lowest BCUT2D eigenvalue weighted by molar-refractivity contribution is 0.0694. The van der Waals surface area contributed by atoms with E-state index in [1.54, 1.807) is 18.2 Å². The first-order valence-corrected chi connectivity index (χ1v) is 8.73. The van der Waals surface area contributed by atoms with Crippen molar-refractivity contribution in [1.82, 2.24) is 0 Å². The third kappa shape index (κ3) is 3.34. The van der Waals surface area contributed by atoms with Crippen LogP contribution in [-0.2, 0) is 0 Å². The highest BCUT2D eigenvalue weighted by Crippen LogP contribution is 2.45. The van der Waals surface area contributed by atoms with Crippen LogP contribution in [0.2, 0.25) is 0 Å². The summed E-state index contributed by atoms with van der Waals surface area (Å²) in [6.45, 7) is 4.03. The van der Waals surface area contributed by atoms with E-state index >= 15 is 0 Å². The van der Waals surface area contributed by atoms with Crippen LogP contribution in [-0.4, -0.2) is 21.3 Å². The summed E-state index contributed by atoms with van der Waals surface area (Å²) in [6.07, 6.45) is 3.59. The Morgan fingerprint density at radius 2 is 1.60 bits per heavy atom. The van der Waals surface area contributed by atoms with E-state index in [1.165, 1.54) is 6.07 Å². The molecule has 0 unspecified atom stereocenters. The zero-order valence-corrected chi connectivity index (χ0v) is 14.6. The van der Waals surface area contributed by atoms with Crippen molar-refractivity contribution in [2.24, 2.45) is 0 Å². The zero-order valence-electron chi connectivity index (χ0n) is 14.6. The van der Waals surface area contributed by atoms with E-state index in [0.717, 1.165) is 47.9 Å². The van der Waals surface area contributed by atoms with Gasteiger partial charge in [0.2, 0.25) is 0 Å². The zero-order chi connectivity index (χ0) is 18.1. The highest BCUT2D eigenvalue weighted by atomic mass is 16.4. The van der Waals surface area contributed by atoms with Gasteiger partial charge in [0.1, 0.15) is 11.5 Å². The van der Waals surface area contributed by atoms with Crippen molar-refractivity contribution in [3.63, 3.8) is 0 Å². The fourth-order valence-electron chi connectivity index (χ4n) is 4.12. The maximum atomic E-state index is 11.6. The fourth-order valence-corrected chi connectivity index (χ4v) is 4.12. The van der Waals surface area contributed by atoms with Crippen molar-refractivity contribution in [3.8, 4) is 11.5 Å². The van der Waals surface area contributed by atoms with E-state index in [0.29, 0.717) is 5.56 Å². The molecule has 0 atom stereocenters. The Kier molecular flexibility index (Phi) is 4.71. The van der Waals surface area contributed by atoms with Gasteiger partial charge in [0.25, 0.3) is 0 Å². The van der Waals surface area contributed by atoms with Gasteiger partial charge in [-0.3, -0.25) is 0 Å². The van der Waals surface area contributed by atoms with E-state index in [1.807, 2.05) is 19.9 Å². The average Bonchev–Trinajstić information content (AvgIpc) is 2.57. The molecule has 1 aliphatic rings. The second kappa shape index (κ2) is 6.79. The number of benzene rings is 2. The van der Waals surface area contributed by atoms with E-state index in [9.17, 15) is 20.1 Å². The van der Waals surface area contributed by atoms with E-state index in [-0.39, 0.29) is 23.3 Å². The number of hydrogen-bond donors (Lipinski definition) is 3. The van der Waals surface area contributed by atoms with Crippen LogP contribution in [0.1, 0.15) is 70.1 Å². The first kappa shape index (κ1) is 17.3. The second-order valence-electron chi connectivity index (χ2n) is 7.07.